The Bertz CT molecular complexity index is 261. The third-order valence-electron chi connectivity index (χ3n) is 4.31. The Morgan fingerprint density at radius 1 is 1.44 bits per heavy atom. The smallest absolute Gasteiger partial charge is 0.240 e. The van der Waals surface area contributed by atoms with Crippen LogP contribution in [0, 0.1) is 5.92 Å². The van der Waals surface area contributed by atoms with E-state index in [1.807, 2.05) is 6.92 Å². The summed E-state index contributed by atoms with van der Waals surface area (Å²) in [6.45, 7) is 6.36. The van der Waals surface area contributed by atoms with Gasteiger partial charge in [0.15, 0.2) is 0 Å². The molecule has 1 heterocycles. The molecule has 92 valence electrons. The number of carbonyl (C=O) groups excluding carboxylic acids is 1. The molecule has 0 aromatic rings. The topological polar surface area (TPSA) is 32.3 Å². The van der Waals surface area contributed by atoms with Gasteiger partial charge in [-0.3, -0.25) is 10.1 Å². The number of carbonyl (C=O) groups is 1. The van der Waals surface area contributed by atoms with Gasteiger partial charge in [0.25, 0.3) is 0 Å². The summed E-state index contributed by atoms with van der Waals surface area (Å²) in [4.78, 5) is 14.2. The predicted octanol–water partition coefficient (Wildman–Crippen LogP) is 2.12. The second-order valence-electron chi connectivity index (χ2n) is 5.34. The zero-order chi connectivity index (χ0) is 11.7. The first-order chi connectivity index (χ1) is 7.65. The molecule has 0 aromatic heterocycles. The molecule has 1 aliphatic heterocycles. The molecule has 2 rings (SSSR count). The van der Waals surface area contributed by atoms with E-state index < -0.39 is 0 Å². The number of hydrogen-bond acceptors (Lipinski definition) is 2. The van der Waals surface area contributed by atoms with Gasteiger partial charge in [0.1, 0.15) is 0 Å². The molecule has 0 bridgehead atoms. The van der Waals surface area contributed by atoms with Crippen LogP contribution in [0.2, 0.25) is 0 Å². The van der Waals surface area contributed by atoms with Crippen LogP contribution in [0.5, 0.6) is 0 Å². The lowest BCUT2D eigenvalue weighted by atomic mass is 9.97. The molecule has 3 atom stereocenters. The lowest BCUT2D eigenvalue weighted by Gasteiger charge is -2.33. The third-order valence-corrected chi connectivity index (χ3v) is 4.31. The quantitative estimate of drug-likeness (QED) is 0.796. The first kappa shape index (κ1) is 11.9. The highest BCUT2D eigenvalue weighted by Crippen LogP contribution is 2.32. The average Bonchev–Trinajstić information content (AvgIpc) is 2.88. The fourth-order valence-electron chi connectivity index (χ4n) is 3.28. The van der Waals surface area contributed by atoms with Crippen LogP contribution < -0.4 is 5.32 Å². The van der Waals surface area contributed by atoms with Crippen LogP contribution in [-0.4, -0.2) is 29.1 Å². The molecule has 0 aromatic carbocycles. The molecule has 2 fully saturated rings. The maximum absolute atomic E-state index is 12.1. The molecule has 1 N–H and O–H groups in total. The van der Waals surface area contributed by atoms with E-state index in [-0.39, 0.29) is 12.2 Å². The number of rotatable bonds is 3. The van der Waals surface area contributed by atoms with Crippen molar-refractivity contribution in [2.24, 2.45) is 5.92 Å². The molecular formula is C13H24N2O. The van der Waals surface area contributed by atoms with E-state index in [1.165, 1.54) is 25.7 Å². The Balaban J connectivity index is 2.07. The number of nitrogens with zero attached hydrogens (tertiary/aromatic N) is 1. The van der Waals surface area contributed by atoms with Crippen LogP contribution in [0.3, 0.4) is 0 Å². The molecule has 0 spiro atoms. The molecule has 1 aliphatic carbocycles. The van der Waals surface area contributed by atoms with Crippen molar-refractivity contribution in [2.45, 2.75) is 71.1 Å². The zero-order valence-electron chi connectivity index (χ0n) is 10.7. The highest BCUT2D eigenvalue weighted by molar-refractivity contribution is 5.84. The molecule has 16 heavy (non-hydrogen) atoms. The van der Waals surface area contributed by atoms with Crippen molar-refractivity contribution in [2.75, 3.05) is 0 Å². The van der Waals surface area contributed by atoms with Gasteiger partial charge in [-0.1, -0.05) is 19.8 Å². The van der Waals surface area contributed by atoms with Crippen LogP contribution >= 0.6 is 0 Å². The normalized spacial score (nSPS) is 33.7. The van der Waals surface area contributed by atoms with E-state index in [0.717, 1.165) is 12.3 Å². The van der Waals surface area contributed by atoms with Crippen molar-refractivity contribution in [3.63, 3.8) is 0 Å². The molecule has 1 saturated heterocycles. The lowest BCUT2D eigenvalue weighted by Crippen LogP contribution is -2.45. The highest BCUT2D eigenvalue weighted by atomic mass is 16.2. The van der Waals surface area contributed by atoms with Crippen LogP contribution in [0.15, 0.2) is 0 Å². The minimum atomic E-state index is 0.00815. The first-order valence-electron chi connectivity index (χ1n) is 6.73. The number of nitrogens with one attached hydrogen (secondary N) is 1. The summed E-state index contributed by atoms with van der Waals surface area (Å²) in [5.74, 6) is 1.02. The molecule has 3 nitrogen and oxygen atoms in total. The van der Waals surface area contributed by atoms with Gasteiger partial charge in [0.05, 0.1) is 12.2 Å². The Hall–Kier alpha value is -0.570. The molecule has 2 aliphatic rings. The fraction of sp³-hybridized carbons (Fsp3) is 0.923. The maximum atomic E-state index is 12.1. The van der Waals surface area contributed by atoms with Crippen LogP contribution in [0.1, 0.15) is 52.9 Å². The van der Waals surface area contributed by atoms with Crippen molar-refractivity contribution in [1.82, 2.24) is 10.2 Å². The number of hydrogen-bond donors (Lipinski definition) is 1. The predicted molar refractivity (Wildman–Crippen MR) is 64.9 cm³/mol. The standard InChI is InChI=1S/C13H24N2O/c1-4-12-14-9(2)13(16)15(12)10(3)11-7-5-6-8-11/h9-12,14H,4-8H2,1-3H3. The van der Waals surface area contributed by atoms with Crippen molar-refractivity contribution in [3.05, 3.63) is 0 Å². The maximum Gasteiger partial charge on any atom is 0.240 e. The summed E-state index contributed by atoms with van der Waals surface area (Å²) in [5, 5.41) is 3.38. The van der Waals surface area contributed by atoms with E-state index in [0.29, 0.717) is 11.9 Å². The third kappa shape index (κ3) is 1.97. The van der Waals surface area contributed by atoms with Crippen molar-refractivity contribution < 1.29 is 4.79 Å². The Morgan fingerprint density at radius 2 is 2.06 bits per heavy atom. The SMILES string of the molecule is CCC1NC(C)C(=O)N1C(C)C1CCCC1. The lowest BCUT2D eigenvalue weighted by molar-refractivity contribution is -0.132. The van der Waals surface area contributed by atoms with Gasteiger partial charge in [0, 0.05) is 6.04 Å². The van der Waals surface area contributed by atoms with Gasteiger partial charge in [0.2, 0.25) is 5.91 Å². The fourth-order valence-corrected chi connectivity index (χ4v) is 3.28. The molecule has 0 radical (unpaired) electrons. The van der Waals surface area contributed by atoms with E-state index in [2.05, 4.69) is 24.1 Å². The summed E-state index contributed by atoms with van der Waals surface area (Å²) in [5.41, 5.74) is 0. The van der Waals surface area contributed by atoms with Crippen LogP contribution in [0.25, 0.3) is 0 Å². The molecular weight excluding hydrogens is 200 g/mol. The van der Waals surface area contributed by atoms with Gasteiger partial charge < -0.3 is 4.90 Å². The van der Waals surface area contributed by atoms with Crippen molar-refractivity contribution in [1.29, 1.82) is 0 Å². The highest BCUT2D eigenvalue weighted by Gasteiger charge is 2.40. The minimum absolute atomic E-state index is 0.00815. The second kappa shape index (κ2) is 4.74. The summed E-state index contributed by atoms with van der Waals surface area (Å²) in [6.07, 6.45) is 6.56. The summed E-state index contributed by atoms with van der Waals surface area (Å²) >= 11 is 0. The van der Waals surface area contributed by atoms with E-state index in [1.54, 1.807) is 0 Å². The van der Waals surface area contributed by atoms with Crippen molar-refractivity contribution >= 4 is 5.91 Å². The van der Waals surface area contributed by atoms with E-state index >= 15 is 0 Å². The van der Waals surface area contributed by atoms with E-state index in [4.69, 9.17) is 0 Å². The average molecular weight is 224 g/mol. The molecule has 3 unspecified atom stereocenters. The Morgan fingerprint density at radius 3 is 2.62 bits per heavy atom. The summed E-state index contributed by atoms with van der Waals surface area (Å²) in [6, 6.07) is 0.422. The van der Waals surface area contributed by atoms with Gasteiger partial charge in [-0.25, -0.2) is 0 Å². The molecule has 3 heteroatoms. The second-order valence-corrected chi connectivity index (χ2v) is 5.34. The Labute approximate surface area is 98.6 Å². The Kier molecular flexibility index (Phi) is 3.53. The summed E-state index contributed by atoms with van der Waals surface area (Å²) in [7, 11) is 0. The van der Waals surface area contributed by atoms with E-state index in [9.17, 15) is 4.79 Å². The largest absolute Gasteiger partial charge is 0.323 e. The number of amides is 1. The molecule has 1 amide bonds. The van der Waals surface area contributed by atoms with Gasteiger partial charge in [-0.2, -0.15) is 0 Å². The van der Waals surface area contributed by atoms with Crippen molar-refractivity contribution in [3.8, 4) is 0 Å². The van der Waals surface area contributed by atoms with Gasteiger partial charge in [-0.05, 0) is 39.0 Å². The minimum Gasteiger partial charge on any atom is -0.323 e. The van der Waals surface area contributed by atoms with Crippen LogP contribution in [0.4, 0.5) is 0 Å². The van der Waals surface area contributed by atoms with Crippen LogP contribution in [-0.2, 0) is 4.79 Å². The monoisotopic (exact) mass is 224 g/mol. The zero-order valence-corrected chi connectivity index (χ0v) is 10.7. The van der Waals surface area contributed by atoms with Gasteiger partial charge >= 0.3 is 0 Å². The summed E-state index contributed by atoms with van der Waals surface area (Å²) < 4.78 is 0. The first-order valence-corrected chi connectivity index (χ1v) is 6.73. The molecule has 1 saturated carbocycles. The van der Waals surface area contributed by atoms with Gasteiger partial charge in [-0.15, -0.1) is 0 Å².